The molecule has 18 heavy (non-hydrogen) atoms. The van der Waals surface area contributed by atoms with Crippen molar-refractivity contribution in [2.24, 2.45) is 11.3 Å². The van der Waals surface area contributed by atoms with Crippen molar-refractivity contribution in [2.45, 2.75) is 39.0 Å². The molecule has 2 atom stereocenters. The SMILES string of the molecule is CCC1CCC(C#N)(Cc2cc(Cl)ccc2Cl)C1. The molecular weight excluding hydrogens is 265 g/mol. The molecule has 1 aromatic carbocycles. The highest BCUT2D eigenvalue weighted by molar-refractivity contribution is 6.33. The first kappa shape index (κ1) is 13.7. The van der Waals surface area contributed by atoms with Gasteiger partial charge in [0, 0.05) is 10.0 Å². The summed E-state index contributed by atoms with van der Waals surface area (Å²) >= 11 is 12.2. The van der Waals surface area contributed by atoms with Crippen LogP contribution < -0.4 is 0 Å². The molecule has 1 aliphatic rings. The van der Waals surface area contributed by atoms with Crippen LogP contribution in [0.4, 0.5) is 0 Å². The summed E-state index contributed by atoms with van der Waals surface area (Å²) in [4.78, 5) is 0. The quantitative estimate of drug-likeness (QED) is 0.742. The number of halogens is 2. The molecule has 0 aromatic heterocycles. The van der Waals surface area contributed by atoms with E-state index in [-0.39, 0.29) is 5.41 Å². The van der Waals surface area contributed by atoms with Crippen LogP contribution in [0.2, 0.25) is 10.0 Å². The van der Waals surface area contributed by atoms with Crippen LogP contribution in [0.15, 0.2) is 18.2 Å². The van der Waals surface area contributed by atoms with Crippen LogP contribution in [0.3, 0.4) is 0 Å². The summed E-state index contributed by atoms with van der Waals surface area (Å²) in [5.74, 6) is 0.683. The first-order valence-corrected chi connectivity index (χ1v) is 7.19. The third kappa shape index (κ3) is 2.82. The van der Waals surface area contributed by atoms with E-state index in [1.807, 2.05) is 12.1 Å². The summed E-state index contributed by atoms with van der Waals surface area (Å²) in [7, 11) is 0. The topological polar surface area (TPSA) is 23.8 Å². The first-order valence-electron chi connectivity index (χ1n) is 6.44. The number of nitriles is 1. The summed E-state index contributed by atoms with van der Waals surface area (Å²) in [5, 5.41) is 10.9. The van der Waals surface area contributed by atoms with Crippen LogP contribution in [0.5, 0.6) is 0 Å². The molecule has 0 spiro atoms. The second-order valence-corrected chi connectivity index (χ2v) is 6.17. The van der Waals surface area contributed by atoms with Crippen LogP contribution in [0.25, 0.3) is 0 Å². The van der Waals surface area contributed by atoms with Crippen molar-refractivity contribution >= 4 is 23.2 Å². The molecule has 2 unspecified atom stereocenters. The van der Waals surface area contributed by atoms with Crippen molar-refractivity contribution in [3.05, 3.63) is 33.8 Å². The Morgan fingerprint density at radius 3 is 2.83 bits per heavy atom. The van der Waals surface area contributed by atoms with E-state index in [1.165, 1.54) is 0 Å². The van der Waals surface area contributed by atoms with Gasteiger partial charge in [-0.3, -0.25) is 0 Å². The lowest BCUT2D eigenvalue weighted by atomic mass is 9.80. The predicted molar refractivity (Wildman–Crippen MR) is 75.8 cm³/mol. The summed E-state index contributed by atoms with van der Waals surface area (Å²) in [6, 6.07) is 8.03. The van der Waals surface area contributed by atoms with Gasteiger partial charge < -0.3 is 0 Å². The number of hydrogen-bond acceptors (Lipinski definition) is 1. The summed E-state index contributed by atoms with van der Waals surface area (Å²) in [6.45, 7) is 2.20. The fourth-order valence-corrected chi connectivity index (χ4v) is 3.31. The smallest absolute Gasteiger partial charge is 0.0693 e. The molecule has 0 bridgehead atoms. The molecule has 0 saturated heterocycles. The van der Waals surface area contributed by atoms with Crippen LogP contribution >= 0.6 is 23.2 Å². The molecule has 1 fully saturated rings. The third-order valence-corrected chi connectivity index (χ3v) is 4.67. The molecule has 0 aliphatic heterocycles. The summed E-state index contributed by atoms with van der Waals surface area (Å²) in [6.07, 6.45) is 5.00. The van der Waals surface area contributed by atoms with Gasteiger partial charge >= 0.3 is 0 Å². The average Bonchev–Trinajstić information content (AvgIpc) is 2.78. The molecule has 0 heterocycles. The highest BCUT2D eigenvalue weighted by Gasteiger charge is 2.39. The molecule has 0 radical (unpaired) electrons. The first-order chi connectivity index (χ1) is 8.58. The Bertz CT molecular complexity index is 478. The van der Waals surface area contributed by atoms with E-state index in [9.17, 15) is 5.26 Å². The van der Waals surface area contributed by atoms with Crippen LogP contribution in [-0.2, 0) is 6.42 Å². The fraction of sp³-hybridized carbons (Fsp3) is 0.533. The van der Waals surface area contributed by atoms with Gasteiger partial charge in [0.15, 0.2) is 0 Å². The molecule has 0 amide bonds. The Morgan fingerprint density at radius 1 is 1.44 bits per heavy atom. The van der Waals surface area contributed by atoms with Gasteiger partial charge in [0.25, 0.3) is 0 Å². The van der Waals surface area contributed by atoms with Gasteiger partial charge in [-0.05, 0) is 55.4 Å². The fourth-order valence-electron chi connectivity index (χ4n) is 2.93. The maximum Gasteiger partial charge on any atom is 0.0693 e. The Hall–Kier alpha value is -0.710. The van der Waals surface area contributed by atoms with Crippen LogP contribution in [0.1, 0.15) is 38.2 Å². The maximum atomic E-state index is 9.53. The van der Waals surface area contributed by atoms with E-state index in [4.69, 9.17) is 23.2 Å². The van der Waals surface area contributed by atoms with Gasteiger partial charge in [0.2, 0.25) is 0 Å². The van der Waals surface area contributed by atoms with Gasteiger partial charge in [-0.1, -0.05) is 36.5 Å². The van der Waals surface area contributed by atoms with Gasteiger partial charge in [-0.2, -0.15) is 5.26 Å². The maximum absolute atomic E-state index is 9.53. The molecule has 1 nitrogen and oxygen atoms in total. The van der Waals surface area contributed by atoms with Crippen LogP contribution in [0, 0.1) is 22.7 Å². The molecule has 1 saturated carbocycles. The van der Waals surface area contributed by atoms with E-state index < -0.39 is 0 Å². The molecule has 2 rings (SSSR count). The molecule has 1 aromatic rings. The number of benzene rings is 1. The minimum absolute atomic E-state index is 0.241. The lowest BCUT2D eigenvalue weighted by molar-refractivity contribution is 0.381. The molecule has 1 aliphatic carbocycles. The molecule has 0 N–H and O–H groups in total. The van der Waals surface area contributed by atoms with Gasteiger partial charge in [-0.15, -0.1) is 0 Å². The minimum Gasteiger partial charge on any atom is -0.198 e. The summed E-state index contributed by atoms with van der Waals surface area (Å²) < 4.78 is 0. The van der Waals surface area contributed by atoms with E-state index >= 15 is 0 Å². The largest absolute Gasteiger partial charge is 0.198 e. The second kappa shape index (κ2) is 5.51. The standard InChI is InChI=1S/C15H17Cl2N/c1-2-11-5-6-15(8-11,10-18)9-12-7-13(16)3-4-14(12)17/h3-4,7,11H,2,5-6,8-9H2,1H3. The zero-order valence-electron chi connectivity index (χ0n) is 10.5. The lowest BCUT2D eigenvalue weighted by Gasteiger charge is -2.21. The van der Waals surface area contributed by atoms with E-state index in [2.05, 4.69) is 13.0 Å². The highest BCUT2D eigenvalue weighted by Crippen LogP contribution is 2.45. The average molecular weight is 282 g/mol. The number of nitrogens with zero attached hydrogens (tertiary/aromatic N) is 1. The monoisotopic (exact) mass is 281 g/mol. The number of hydrogen-bond donors (Lipinski definition) is 0. The predicted octanol–water partition coefficient (Wildman–Crippen LogP) is 5.26. The van der Waals surface area contributed by atoms with Crippen molar-refractivity contribution in [3.63, 3.8) is 0 Å². The molecular formula is C15H17Cl2N. The minimum atomic E-state index is -0.241. The lowest BCUT2D eigenvalue weighted by Crippen LogP contribution is -2.18. The van der Waals surface area contributed by atoms with E-state index in [0.717, 1.165) is 37.7 Å². The Labute approximate surface area is 119 Å². The van der Waals surface area contributed by atoms with Gasteiger partial charge in [0.1, 0.15) is 0 Å². The van der Waals surface area contributed by atoms with Crippen molar-refractivity contribution in [1.82, 2.24) is 0 Å². The zero-order valence-corrected chi connectivity index (χ0v) is 12.1. The molecule has 96 valence electrons. The Balaban J connectivity index is 2.21. The zero-order chi connectivity index (χ0) is 13.2. The van der Waals surface area contributed by atoms with Gasteiger partial charge in [0.05, 0.1) is 11.5 Å². The third-order valence-electron chi connectivity index (χ3n) is 4.06. The second-order valence-electron chi connectivity index (χ2n) is 5.32. The summed E-state index contributed by atoms with van der Waals surface area (Å²) in [5.41, 5.74) is 0.761. The number of rotatable bonds is 3. The van der Waals surface area contributed by atoms with E-state index in [1.54, 1.807) is 6.07 Å². The Morgan fingerprint density at radius 2 is 2.22 bits per heavy atom. The van der Waals surface area contributed by atoms with Crippen LogP contribution in [-0.4, -0.2) is 0 Å². The van der Waals surface area contributed by atoms with Crippen molar-refractivity contribution < 1.29 is 0 Å². The molecule has 3 heteroatoms. The van der Waals surface area contributed by atoms with Gasteiger partial charge in [-0.25, -0.2) is 0 Å². The van der Waals surface area contributed by atoms with E-state index in [0.29, 0.717) is 16.0 Å². The normalized spacial score (nSPS) is 27.1. The Kier molecular flexibility index (Phi) is 4.20. The highest BCUT2D eigenvalue weighted by atomic mass is 35.5. The van der Waals surface area contributed by atoms with Crippen molar-refractivity contribution in [1.29, 1.82) is 5.26 Å². The van der Waals surface area contributed by atoms with Crippen molar-refractivity contribution in [2.75, 3.05) is 0 Å². The van der Waals surface area contributed by atoms with Crippen molar-refractivity contribution in [3.8, 4) is 6.07 Å².